The number of esters is 1. The van der Waals surface area contributed by atoms with E-state index in [-0.39, 0.29) is 17.5 Å². The van der Waals surface area contributed by atoms with E-state index >= 15 is 0 Å². The van der Waals surface area contributed by atoms with Crippen LogP contribution < -0.4 is 0 Å². The molecule has 0 unspecified atom stereocenters. The van der Waals surface area contributed by atoms with E-state index < -0.39 is 0 Å². The van der Waals surface area contributed by atoms with Gasteiger partial charge in [0, 0.05) is 18.7 Å². The summed E-state index contributed by atoms with van der Waals surface area (Å²) in [6.07, 6.45) is 3.51. The third-order valence-corrected chi connectivity index (χ3v) is 5.48. The highest BCUT2D eigenvalue weighted by Gasteiger charge is 2.30. The van der Waals surface area contributed by atoms with Crippen molar-refractivity contribution in [1.29, 1.82) is 0 Å². The number of morpholine rings is 1. The van der Waals surface area contributed by atoms with Crippen molar-refractivity contribution in [3.8, 4) is 5.75 Å². The molecule has 7 heteroatoms. The van der Waals surface area contributed by atoms with Gasteiger partial charge in [0.2, 0.25) is 5.78 Å². The number of allylic oxidation sites excluding steroid dienone is 2. The Morgan fingerprint density at radius 2 is 1.91 bits per heavy atom. The van der Waals surface area contributed by atoms with Crippen molar-refractivity contribution >= 4 is 23.2 Å². The third-order valence-electron chi connectivity index (χ3n) is 5.48. The predicted octanol–water partition coefficient (Wildman–Crippen LogP) is 3.88. The SMILES string of the molecule is CCCCOC(=O)c1ccc(N=C2C=C(N3CCOCC3)C(=O)c3cccc(O)c32)cc1. The maximum Gasteiger partial charge on any atom is 0.338 e. The summed E-state index contributed by atoms with van der Waals surface area (Å²) in [5, 5.41) is 10.5. The zero-order chi connectivity index (χ0) is 22.5. The van der Waals surface area contributed by atoms with Gasteiger partial charge >= 0.3 is 5.97 Å². The zero-order valence-electron chi connectivity index (χ0n) is 18.0. The number of carbonyl (C=O) groups excluding carboxylic acids is 2. The van der Waals surface area contributed by atoms with Gasteiger partial charge in [-0.1, -0.05) is 25.5 Å². The van der Waals surface area contributed by atoms with Gasteiger partial charge in [0.15, 0.2) is 0 Å². The number of rotatable bonds is 6. The number of carbonyl (C=O) groups is 2. The van der Waals surface area contributed by atoms with Gasteiger partial charge in [-0.25, -0.2) is 9.79 Å². The summed E-state index contributed by atoms with van der Waals surface area (Å²) in [4.78, 5) is 31.9. The molecule has 1 aliphatic heterocycles. The van der Waals surface area contributed by atoms with E-state index in [0.717, 1.165) is 12.8 Å². The molecule has 1 aliphatic carbocycles. The van der Waals surface area contributed by atoms with Crippen molar-refractivity contribution in [3.05, 3.63) is 70.9 Å². The molecule has 2 aliphatic rings. The Bertz CT molecular complexity index is 1070. The highest BCUT2D eigenvalue weighted by Crippen LogP contribution is 2.32. The number of nitrogens with zero attached hydrogens (tertiary/aromatic N) is 2. The lowest BCUT2D eigenvalue weighted by Crippen LogP contribution is -2.39. The van der Waals surface area contributed by atoms with Gasteiger partial charge in [-0.15, -0.1) is 0 Å². The smallest absolute Gasteiger partial charge is 0.338 e. The normalized spacial score (nSPS) is 17.2. The summed E-state index contributed by atoms with van der Waals surface area (Å²) < 4.78 is 10.7. The van der Waals surface area contributed by atoms with Gasteiger partial charge in [-0.2, -0.15) is 0 Å². The Labute approximate surface area is 187 Å². The number of hydrogen-bond acceptors (Lipinski definition) is 7. The van der Waals surface area contributed by atoms with Crippen LogP contribution in [0.4, 0.5) is 5.69 Å². The molecule has 0 amide bonds. The molecule has 0 saturated carbocycles. The second kappa shape index (κ2) is 9.78. The Kier molecular flexibility index (Phi) is 6.66. The maximum absolute atomic E-state index is 13.1. The Morgan fingerprint density at radius 1 is 1.16 bits per heavy atom. The highest BCUT2D eigenvalue weighted by molar-refractivity contribution is 6.27. The lowest BCUT2D eigenvalue weighted by Gasteiger charge is -2.32. The fourth-order valence-corrected chi connectivity index (χ4v) is 3.73. The summed E-state index contributed by atoms with van der Waals surface area (Å²) in [7, 11) is 0. The number of ketones is 1. The number of phenols is 1. The molecule has 0 aromatic heterocycles. The number of phenolic OH excluding ortho intramolecular Hbond substituents is 1. The molecule has 1 heterocycles. The topological polar surface area (TPSA) is 88.4 Å². The molecule has 0 bridgehead atoms. The molecule has 32 heavy (non-hydrogen) atoms. The summed E-state index contributed by atoms with van der Waals surface area (Å²) in [5.41, 5.74) is 2.93. The largest absolute Gasteiger partial charge is 0.507 e. The lowest BCUT2D eigenvalue weighted by molar-refractivity contribution is 0.0497. The molecule has 7 nitrogen and oxygen atoms in total. The van der Waals surface area contributed by atoms with Crippen molar-refractivity contribution < 1.29 is 24.2 Å². The fraction of sp³-hybridized carbons (Fsp3) is 0.320. The first kappa shape index (κ1) is 21.8. The molecule has 1 fully saturated rings. The molecular weight excluding hydrogens is 408 g/mol. The van der Waals surface area contributed by atoms with Crippen LogP contribution in [0.2, 0.25) is 0 Å². The summed E-state index contributed by atoms with van der Waals surface area (Å²) in [6.45, 7) is 4.79. The maximum atomic E-state index is 13.1. The van der Waals surface area contributed by atoms with Crippen LogP contribution in [0.5, 0.6) is 5.75 Å². The fourth-order valence-electron chi connectivity index (χ4n) is 3.73. The number of aromatic hydroxyl groups is 1. The van der Waals surface area contributed by atoms with Gasteiger partial charge in [0.1, 0.15) is 5.75 Å². The Hall–Kier alpha value is -3.45. The first-order valence-electron chi connectivity index (χ1n) is 10.9. The van der Waals surface area contributed by atoms with E-state index in [1.165, 1.54) is 0 Å². The zero-order valence-corrected chi connectivity index (χ0v) is 18.0. The summed E-state index contributed by atoms with van der Waals surface area (Å²) >= 11 is 0. The van der Waals surface area contributed by atoms with Gasteiger partial charge < -0.3 is 19.5 Å². The monoisotopic (exact) mass is 434 g/mol. The number of benzene rings is 2. The minimum Gasteiger partial charge on any atom is -0.507 e. The lowest BCUT2D eigenvalue weighted by atomic mass is 9.90. The van der Waals surface area contributed by atoms with Crippen LogP contribution in [0.1, 0.15) is 46.0 Å². The van der Waals surface area contributed by atoms with Crippen LogP contribution in [0.3, 0.4) is 0 Å². The quantitative estimate of drug-likeness (QED) is 0.548. The number of Topliss-reactive ketones (excluding diaryl/α,β-unsaturated/α-hetero) is 1. The minimum absolute atomic E-state index is 0.00278. The Balaban J connectivity index is 1.66. The van der Waals surface area contributed by atoms with Crippen LogP contribution in [-0.2, 0) is 9.47 Å². The molecule has 4 rings (SSSR count). The number of ether oxygens (including phenoxy) is 2. The van der Waals surface area contributed by atoms with Crippen molar-refractivity contribution in [2.75, 3.05) is 32.9 Å². The van der Waals surface area contributed by atoms with Crippen LogP contribution in [0, 0.1) is 0 Å². The van der Waals surface area contributed by atoms with E-state index in [1.54, 1.807) is 48.5 Å². The first-order valence-corrected chi connectivity index (χ1v) is 10.9. The Morgan fingerprint density at radius 3 is 2.62 bits per heavy atom. The molecule has 0 atom stereocenters. The van der Waals surface area contributed by atoms with Crippen LogP contribution in [0.15, 0.2) is 59.2 Å². The molecular formula is C25H26N2O5. The van der Waals surface area contributed by atoms with Crippen molar-refractivity contribution in [3.63, 3.8) is 0 Å². The molecule has 1 N–H and O–H groups in total. The number of hydrogen-bond donors (Lipinski definition) is 1. The van der Waals surface area contributed by atoms with Gasteiger partial charge in [-0.3, -0.25) is 4.79 Å². The molecule has 2 aromatic carbocycles. The molecule has 0 radical (unpaired) electrons. The average molecular weight is 434 g/mol. The first-order chi connectivity index (χ1) is 15.6. The van der Waals surface area contributed by atoms with Crippen molar-refractivity contribution in [1.82, 2.24) is 4.90 Å². The molecule has 2 aromatic rings. The summed E-state index contributed by atoms with van der Waals surface area (Å²) in [5.74, 6) is -0.497. The molecule has 0 spiro atoms. The van der Waals surface area contributed by atoms with Crippen LogP contribution in [-0.4, -0.2) is 60.4 Å². The van der Waals surface area contributed by atoms with E-state index in [1.807, 2.05) is 11.8 Å². The number of unbranched alkanes of at least 4 members (excludes halogenated alkanes) is 1. The van der Waals surface area contributed by atoms with Crippen LogP contribution in [0.25, 0.3) is 0 Å². The second-order valence-electron chi connectivity index (χ2n) is 7.69. The molecule has 1 saturated heterocycles. The van der Waals surface area contributed by atoms with Gasteiger partial charge in [-0.05, 0) is 42.8 Å². The van der Waals surface area contributed by atoms with Crippen molar-refractivity contribution in [2.45, 2.75) is 19.8 Å². The van der Waals surface area contributed by atoms with Gasteiger partial charge in [0.05, 0.1) is 48.0 Å². The number of aliphatic imine (C=N–C) groups is 1. The van der Waals surface area contributed by atoms with E-state index in [2.05, 4.69) is 0 Å². The average Bonchev–Trinajstić information content (AvgIpc) is 2.82. The number of fused-ring (bicyclic) bond motifs is 1. The summed E-state index contributed by atoms with van der Waals surface area (Å²) in [6, 6.07) is 11.7. The predicted molar refractivity (Wildman–Crippen MR) is 121 cm³/mol. The minimum atomic E-state index is -0.363. The standard InChI is InChI=1S/C25H26N2O5/c1-2-3-13-32-25(30)17-7-9-18(10-8-17)26-20-16-21(27-11-14-31-15-12-27)24(29)19-5-4-6-22(28)23(19)20/h4-10,16,28H,2-3,11-15H2,1H3. The van der Waals surface area contributed by atoms with Crippen molar-refractivity contribution in [2.24, 2.45) is 4.99 Å². The van der Waals surface area contributed by atoms with E-state index in [4.69, 9.17) is 14.5 Å². The van der Waals surface area contributed by atoms with E-state index in [9.17, 15) is 14.7 Å². The second-order valence-corrected chi connectivity index (χ2v) is 7.69. The van der Waals surface area contributed by atoms with Gasteiger partial charge in [0.25, 0.3) is 0 Å². The van der Waals surface area contributed by atoms with E-state index in [0.29, 0.717) is 66.7 Å². The molecule has 166 valence electrons. The highest BCUT2D eigenvalue weighted by atomic mass is 16.5. The third kappa shape index (κ3) is 4.57. The van der Waals surface area contributed by atoms with Crippen LogP contribution >= 0.6 is 0 Å².